The van der Waals surface area contributed by atoms with Gasteiger partial charge in [0.1, 0.15) is 0 Å². The molecule has 0 radical (unpaired) electrons. The first-order valence-corrected chi connectivity index (χ1v) is 8.36. The Kier molecular flexibility index (Phi) is 4.31. The van der Waals surface area contributed by atoms with E-state index >= 15 is 0 Å². The van der Waals surface area contributed by atoms with Crippen LogP contribution in [0.3, 0.4) is 0 Å². The number of rotatable bonds is 4. The molecular formula is C22H17N3O. The molecule has 0 aliphatic heterocycles. The number of hydrogen-bond acceptors (Lipinski definition) is 2. The van der Waals surface area contributed by atoms with Crippen LogP contribution in [-0.4, -0.2) is 17.1 Å². The number of nitrogens with zero attached hydrogens (tertiary/aromatic N) is 1. The Bertz CT molecular complexity index is 1060. The highest BCUT2D eigenvalue weighted by Gasteiger charge is 2.04. The first kappa shape index (κ1) is 15.8. The number of nitrogens with one attached hydrogen (secondary N) is 2. The summed E-state index contributed by atoms with van der Waals surface area (Å²) < 4.78 is 0. The van der Waals surface area contributed by atoms with Crippen molar-refractivity contribution in [3.63, 3.8) is 0 Å². The molecule has 4 heteroatoms. The maximum Gasteiger partial charge on any atom is 0.271 e. The summed E-state index contributed by atoms with van der Waals surface area (Å²) in [7, 11) is 0. The molecule has 126 valence electrons. The van der Waals surface area contributed by atoms with Gasteiger partial charge in [-0.15, -0.1) is 0 Å². The van der Waals surface area contributed by atoms with Gasteiger partial charge in [0.2, 0.25) is 0 Å². The zero-order valence-corrected chi connectivity index (χ0v) is 14.0. The van der Waals surface area contributed by atoms with Gasteiger partial charge in [-0.3, -0.25) is 4.79 Å². The van der Waals surface area contributed by atoms with Gasteiger partial charge >= 0.3 is 0 Å². The van der Waals surface area contributed by atoms with E-state index in [-0.39, 0.29) is 5.91 Å². The second-order valence-corrected chi connectivity index (χ2v) is 5.97. The molecule has 4 nitrogen and oxygen atoms in total. The molecule has 2 N–H and O–H groups in total. The molecule has 0 saturated carbocycles. The quantitative estimate of drug-likeness (QED) is 0.414. The number of aromatic nitrogens is 1. The predicted octanol–water partition coefficient (Wildman–Crippen LogP) is 4.60. The van der Waals surface area contributed by atoms with Crippen molar-refractivity contribution in [3.05, 3.63) is 96.2 Å². The van der Waals surface area contributed by atoms with E-state index in [0.717, 1.165) is 27.6 Å². The first-order valence-electron chi connectivity index (χ1n) is 8.36. The standard InChI is InChI=1S/C22H17N3O/c26-22(19-9-7-18(8-10-19)17-4-2-1-3-5-17)25-24-15-16-6-11-21-20(14-16)12-13-23-21/h1-15,23H,(H,25,26)/b24-15+. The Labute approximate surface area is 151 Å². The van der Waals surface area contributed by atoms with Gasteiger partial charge in [-0.2, -0.15) is 5.10 Å². The smallest absolute Gasteiger partial charge is 0.271 e. The lowest BCUT2D eigenvalue weighted by Crippen LogP contribution is -2.17. The van der Waals surface area contributed by atoms with Crippen LogP contribution >= 0.6 is 0 Å². The number of fused-ring (bicyclic) bond motifs is 1. The van der Waals surface area contributed by atoms with Crippen LogP contribution in [0, 0.1) is 0 Å². The van der Waals surface area contributed by atoms with Crippen molar-refractivity contribution < 1.29 is 4.79 Å². The minimum absolute atomic E-state index is 0.233. The van der Waals surface area contributed by atoms with Crippen molar-refractivity contribution in [2.24, 2.45) is 5.10 Å². The van der Waals surface area contributed by atoms with Crippen molar-refractivity contribution in [2.75, 3.05) is 0 Å². The van der Waals surface area contributed by atoms with Gasteiger partial charge in [0.25, 0.3) is 5.91 Å². The number of H-pyrrole nitrogens is 1. The highest BCUT2D eigenvalue weighted by Crippen LogP contribution is 2.19. The van der Waals surface area contributed by atoms with Crippen molar-refractivity contribution in [1.82, 2.24) is 10.4 Å². The van der Waals surface area contributed by atoms with Gasteiger partial charge in [-0.1, -0.05) is 48.5 Å². The summed E-state index contributed by atoms with van der Waals surface area (Å²) in [6.07, 6.45) is 3.54. The predicted molar refractivity (Wildman–Crippen MR) is 105 cm³/mol. The van der Waals surface area contributed by atoms with Crippen LogP contribution in [0.2, 0.25) is 0 Å². The van der Waals surface area contributed by atoms with E-state index in [1.54, 1.807) is 18.3 Å². The third kappa shape index (κ3) is 3.39. The van der Waals surface area contributed by atoms with Crippen molar-refractivity contribution >= 4 is 23.0 Å². The Balaban J connectivity index is 1.42. The molecule has 0 unspecified atom stereocenters. The Morgan fingerprint density at radius 1 is 0.885 bits per heavy atom. The number of hydrazone groups is 1. The summed E-state index contributed by atoms with van der Waals surface area (Å²) in [4.78, 5) is 15.4. The van der Waals surface area contributed by atoms with Crippen LogP contribution < -0.4 is 5.43 Å². The molecular weight excluding hydrogens is 322 g/mol. The van der Waals surface area contributed by atoms with Gasteiger partial charge in [0.15, 0.2) is 0 Å². The number of carbonyl (C=O) groups excluding carboxylic acids is 1. The first-order chi connectivity index (χ1) is 12.8. The summed E-state index contributed by atoms with van der Waals surface area (Å²) >= 11 is 0. The number of amides is 1. The molecule has 3 aromatic carbocycles. The molecule has 1 amide bonds. The van der Waals surface area contributed by atoms with Crippen LogP contribution in [-0.2, 0) is 0 Å². The molecule has 0 aliphatic rings. The highest BCUT2D eigenvalue weighted by atomic mass is 16.2. The molecule has 4 aromatic rings. The van der Waals surface area contributed by atoms with Gasteiger partial charge in [-0.05, 0) is 52.4 Å². The van der Waals surface area contributed by atoms with E-state index in [1.165, 1.54) is 0 Å². The number of benzene rings is 3. The third-order valence-corrected chi connectivity index (χ3v) is 4.21. The average Bonchev–Trinajstić information content (AvgIpc) is 3.16. The zero-order chi connectivity index (χ0) is 17.8. The van der Waals surface area contributed by atoms with Crippen molar-refractivity contribution in [2.45, 2.75) is 0 Å². The molecule has 0 saturated heterocycles. The fraction of sp³-hybridized carbons (Fsp3) is 0. The Hall–Kier alpha value is -3.66. The topological polar surface area (TPSA) is 57.2 Å². The maximum absolute atomic E-state index is 12.2. The number of carbonyl (C=O) groups is 1. The molecule has 0 bridgehead atoms. The fourth-order valence-corrected chi connectivity index (χ4v) is 2.83. The zero-order valence-electron chi connectivity index (χ0n) is 14.0. The second-order valence-electron chi connectivity index (χ2n) is 5.97. The Morgan fingerprint density at radius 3 is 2.46 bits per heavy atom. The van der Waals surface area contributed by atoms with Crippen LogP contribution in [0.5, 0.6) is 0 Å². The largest absolute Gasteiger partial charge is 0.361 e. The number of aromatic amines is 1. The fourth-order valence-electron chi connectivity index (χ4n) is 2.83. The lowest BCUT2D eigenvalue weighted by atomic mass is 10.0. The number of hydrogen-bond donors (Lipinski definition) is 2. The molecule has 1 heterocycles. The highest BCUT2D eigenvalue weighted by molar-refractivity contribution is 5.95. The molecule has 4 rings (SSSR count). The summed E-state index contributed by atoms with van der Waals surface area (Å²) in [6, 6.07) is 25.5. The second kappa shape index (κ2) is 7.07. The van der Waals surface area contributed by atoms with Gasteiger partial charge in [-0.25, -0.2) is 5.43 Å². The van der Waals surface area contributed by atoms with E-state index in [0.29, 0.717) is 5.56 Å². The lowest BCUT2D eigenvalue weighted by molar-refractivity contribution is 0.0955. The minimum atomic E-state index is -0.233. The van der Waals surface area contributed by atoms with E-state index in [9.17, 15) is 4.79 Å². The SMILES string of the molecule is O=C(N/N=C/c1ccc2[nH]ccc2c1)c1ccc(-c2ccccc2)cc1. The van der Waals surface area contributed by atoms with Gasteiger partial charge in [0, 0.05) is 17.3 Å². The van der Waals surface area contributed by atoms with Gasteiger partial charge < -0.3 is 4.98 Å². The normalized spacial score (nSPS) is 11.1. The van der Waals surface area contributed by atoms with E-state index in [4.69, 9.17) is 0 Å². The van der Waals surface area contributed by atoms with Crippen LogP contribution in [0.25, 0.3) is 22.0 Å². The molecule has 0 fully saturated rings. The minimum Gasteiger partial charge on any atom is -0.361 e. The van der Waals surface area contributed by atoms with E-state index < -0.39 is 0 Å². The van der Waals surface area contributed by atoms with Crippen molar-refractivity contribution in [1.29, 1.82) is 0 Å². The molecule has 0 atom stereocenters. The van der Waals surface area contributed by atoms with Crippen LogP contribution in [0.15, 0.2) is 90.2 Å². The van der Waals surface area contributed by atoms with Crippen molar-refractivity contribution in [3.8, 4) is 11.1 Å². The molecule has 0 spiro atoms. The maximum atomic E-state index is 12.2. The lowest BCUT2D eigenvalue weighted by Gasteiger charge is -2.03. The Morgan fingerprint density at radius 2 is 1.65 bits per heavy atom. The molecule has 1 aromatic heterocycles. The average molecular weight is 339 g/mol. The summed E-state index contributed by atoms with van der Waals surface area (Å²) in [5.41, 5.74) is 7.34. The summed E-state index contributed by atoms with van der Waals surface area (Å²) in [6.45, 7) is 0. The van der Waals surface area contributed by atoms with Gasteiger partial charge in [0.05, 0.1) is 6.21 Å². The van der Waals surface area contributed by atoms with Crippen LogP contribution in [0.4, 0.5) is 0 Å². The van der Waals surface area contributed by atoms with E-state index in [2.05, 4.69) is 15.5 Å². The monoisotopic (exact) mass is 339 g/mol. The molecule has 0 aliphatic carbocycles. The van der Waals surface area contributed by atoms with Crippen LogP contribution in [0.1, 0.15) is 15.9 Å². The third-order valence-electron chi connectivity index (χ3n) is 4.21. The molecule has 26 heavy (non-hydrogen) atoms. The summed E-state index contributed by atoms with van der Waals surface area (Å²) in [5, 5.41) is 5.16. The van der Waals surface area contributed by atoms with E-state index in [1.807, 2.05) is 72.9 Å². The summed E-state index contributed by atoms with van der Waals surface area (Å²) in [5.74, 6) is -0.233.